The number of anilines is 1. The van der Waals surface area contributed by atoms with E-state index in [-0.39, 0.29) is 11.9 Å². The van der Waals surface area contributed by atoms with Crippen LogP contribution in [0.15, 0.2) is 54.6 Å². The summed E-state index contributed by atoms with van der Waals surface area (Å²) in [5.41, 5.74) is 7.76. The number of carbonyl (C=O) groups excluding carboxylic acids is 1. The first-order valence-electron chi connectivity index (χ1n) is 6.07. The maximum atomic E-state index is 12.0. The molecule has 3 rings (SSSR count). The van der Waals surface area contributed by atoms with Crippen LogP contribution >= 0.6 is 11.6 Å². The summed E-state index contributed by atoms with van der Waals surface area (Å²) < 4.78 is 0. The maximum absolute atomic E-state index is 12.0. The topological polar surface area (TPSA) is 46.3 Å². The van der Waals surface area contributed by atoms with Crippen molar-refractivity contribution in [2.24, 2.45) is 5.73 Å². The zero-order valence-electron chi connectivity index (χ0n) is 10.2. The van der Waals surface area contributed by atoms with Crippen molar-refractivity contribution in [1.82, 2.24) is 0 Å². The normalized spacial score (nSPS) is 22.2. The van der Waals surface area contributed by atoms with E-state index in [0.717, 1.165) is 11.3 Å². The Morgan fingerprint density at radius 2 is 1.79 bits per heavy atom. The molecule has 96 valence electrons. The molecule has 1 fully saturated rings. The summed E-state index contributed by atoms with van der Waals surface area (Å²) >= 11 is 6.00. The van der Waals surface area contributed by atoms with Crippen LogP contribution in [0.2, 0.25) is 5.02 Å². The van der Waals surface area contributed by atoms with Crippen molar-refractivity contribution >= 4 is 23.2 Å². The third kappa shape index (κ3) is 2.01. The number of para-hydroxylation sites is 1. The monoisotopic (exact) mass is 272 g/mol. The van der Waals surface area contributed by atoms with Crippen molar-refractivity contribution in [1.29, 1.82) is 0 Å². The summed E-state index contributed by atoms with van der Waals surface area (Å²) in [4.78, 5) is 13.7. The van der Waals surface area contributed by atoms with Crippen LogP contribution in [-0.2, 0) is 4.79 Å². The lowest BCUT2D eigenvalue weighted by molar-refractivity contribution is -0.126. The molecule has 1 aliphatic heterocycles. The van der Waals surface area contributed by atoms with Gasteiger partial charge in [-0.2, -0.15) is 0 Å². The van der Waals surface area contributed by atoms with Crippen molar-refractivity contribution in [3.05, 3.63) is 65.2 Å². The van der Waals surface area contributed by atoms with Crippen LogP contribution in [0.5, 0.6) is 0 Å². The quantitative estimate of drug-likeness (QED) is 0.855. The van der Waals surface area contributed by atoms with Gasteiger partial charge < -0.3 is 10.6 Å². The van der Waals surface area contributed by atoms with Gasteiger partial charge >= 0.3 is 0 Å². The molecular formula is C15H13ClN2O. The highest BCUT2D eigenvalue weighted by atomic mass is 35.5. The Hall–Kier alpha value is -1.84. The number of benzene rings is 2. The molecule has 0 aromatic heterocycles. The SMILES string of the molecule is N[C@@H]1C(=O)N(c2ccccc2)[C@H]1c1cccc(Cl)c1. The summed E-state index contributed by atoms with van der Waals surface area (Å²) in [6, 6.07) is 16.4. The first-order chi connectivity index (χ1) is 9.18. The van der Waals surface area contributed by atoms with Crippen LogP contribution in [0.3, 0.4) is 0 Å². The molecule has 1 saturated heterocycles. The minimum atomic E-state index is -0.501. The number of hydrogen-bond acceptors (Lipinski definition) is 2. The number of β-lactam (4-membered cyclic amide) rings is 1. The third-order valence-electron chi connectivity index (χ3n) is 3.37. The Kier molecular flexibility index (Phi) is 3.01. The summed E-state index contributed by atoms with van der Waals surface area (Å²) in [6.45, 7) is 0. The van der Waals surface area contributed by atoms with E-state index in [4.69, 9.17) is 17.3 Å². The van der Waals surface area contributed by atoms with E-state index in [2.05, 4.69) is 0 Å². The smallest absolute Gasteiger partial charge is 0.247 e. The van der Waals surface area contributed by atoms with Crippen molar-refractivity contribution < 1.29 is 4.79 Å². The molecule has 19 heavy (non-hydrogen) atoms. The summed E-state index contributed by atoms with van der Waals surface area (Å²) in [7, 11) is 0. The molecule has 0 unspecified atom stereocenters. The Labute approximate surface area is 116 Å². The summed E-state index contributed by atoms with van der Waals surface area (Å²) in [6.07, 6.45) is 0. The predicted octanol–water partition coefficient (Wildman–Crippen LogP) is 2.76. The minimum absolute atomic E-state index is 0.0591. The second kappa shape index (κ2) is 4.68. The third-order valence-corrected chi connectivity index (χ3v) is 3.60. The summed E-state index contributed by atoms with van der Waals surface area (Å²) in [5, 5.41) is 0.650. The van der Waals surface area contributed by atoms with Gasteiger partial charge in [0.15, 0.2) is 0 Å². The van der Waals surface area contributed by atoms with Gasteiger partial charge in [-0.15, -0.1) is 0 Å². The Balaban J connectivity index is 1.98. The number of amides is 1. The fourth-order valence-corrected chi connectivity index (χ4v) is 2.63. The highest BCUT2D eigenvalue weighted by molar-refractivity contribution is 6.30. The second-order valence-corrected chi connectivity index (χ2v) is 5.01. The molecule has 0 saturated carbocycles. The highest BCUT2D eigenvalue weighted by Gasteiger charge is 2.46. The van der Waals surface area contributed by atoms with Gasteiger partial charge in [0.25, 0.3) is 0 Å². The minimum Gasteiger partial charge on any atom is -0.318 e. The van der Waals surface area contributed by atoms with Crippen molar-refractivity contribution in [3.8, 4) is 0 Å². The zero-order valence-corrected chi connectivity index (χ0v) is 10.9. The Morgan fingerprint density at radius 1 is 1.05 bits per heavy atom. The molecule has 1 amide bonds. The number of halogens is 1. The van der Waals surface area contributed by atoms with Crippen molar-refractivity contribution in [2.45, 2.75) is 12.1 Å². The fraction of sp³-hybridized carbons (Fsp3) is 0.133. The van der Waals surface area contributed by atoms with Gasteiger partial charge in [-0.1, -0.05) is 41.9 Å². The van der Waals surface area contributed by atoms with Gasteiger partial charge in [0.2, 0.25) is 5.91 Å². The molecule has 0 spiro atoms. The lowest BCUT2D eigenvalue weighted by Gasteiger charge is -2.45. The van der Waals surface area contributed by atoms with E-state index >= 15 is 0 Å². The van der Waals surface area contributed by atoms with Gasteiger partial charge in [0.05, 0.1) is 6.04 Å². The molecule has 1 aliphatic rings. The molecule has 2 aromatic rings. The van der Waals surface area contributed by atoms with Gasteiger partial charge in [-0.25, -0.2) is 0 Å². The predicted molar refractivity (Wildman–Crippen MR) is 76.1 cm³/mol. The molecule has 0 bridgehead atoms. The van der Waals surface area contributed by atoms with E-state index in [1.165, 1.54) is 0 Å². The molecule has 2 aromatic carbocycles. The Morgan fingerprint density at radius 3 is 2.47 bits per heavy atom. The Bertz CT molecular complexity index is 615. The molecule has 0 radical (unpaired) electrons. The van der Waals surface area contributed by atoms with Gasteiger partial charge in [-0.05, 0) is 29.8 Å². The lowest BCUT2D eigenvalue weighted by Crippen LogP contribution is -2.63. The van der Waals surface area contributed by atoms with Crippen LogP contribution in [0.25, 0.3) is 0 Å². The van der Waals surface area contributed by atoms with Gasteiger partial charge in [0.1, 0.15) is 6.04 Å². The van der Waals surface area contributed by atoms with Crippen LogP contribution in [-0.4, -0.2) is 11.9 Å². The number of hydrogen-bond donors (Lipinski definition) is 1. The van der Waals surface area contributed by atoms with Gasteiger partial charge in [-0.3, -0.25) is 4.79 Å². The van der Waals surface area contributed by atoms with E-state index in [0.29, 0.717) is 5.02 Å². The molecule has 2 atom stereocenters. The first kappa shape index (κ1) is 12.2. The van der Waals surface area contributed by atoms with Crippen molar-refractivity contribution in [2.75, 3.05) is 4.90 Å². The lowest BCUT2D eigenvalue weighted by atomic mass is 9.88. The van der Waals surface area contributed by atoms with Crippen LogP contribution in [0.1, 0.15) is 11.6 Å². The second-order valence-electron chi connectivity index (χ2n) is 4.57. The van der Waals surface area contributed by atoms with Crippen LogP contribution in [0.4, 0.5) is 5.69 Å². The number of carbonyl (C=O) groups is 1. The summed E-state index contributed by atoms with van der Waals surface area (Å²) in [5.74, 6) is -0.0591. The average molecular weight is 273 g/mol. The molecule has 1 heterocycles. The number of nitrogens with zero attached hydrogens (tertiary/aromatic N) is 1. The van der Waals surface area contributed by atoms with Crippen LogP contribution < -0.4 is 10.6 Å². The largest absolute Gasteiger partial charge is 0.318 e. The highest BCUT2D eigenvalue weighted by Crippen LogP contribution is 2.38. The van der Waals surface area contributed by atoms with E-state index < -0.39 is 6.04 Å². The van der Waals surface area contributed by atoms with E-state index in [1.54, 1.807) is 4.90 Å². The van der Waals surface area contributed by atoms with Crippen molar-refractivity contribution in [3.63, 3.8) is 0 Å². The van der Waals surface area contributed by atoms with E-state index in [9.17, 15) is 4.79 Å². The molecular weight excluding hydrogens is 260 g/mol. The molecule has 2 N–H and O–H groups in total. The zero-order chi connectivity index (χ0) is 13.4. The fourth-order valence-electron chi connectivity index (χ4n) is 2.43. The average Bonchev–Trinajstić information content (AvgIpc) is 2.44. The first-order valence-corrected chi connectivity index (χ1v) is 6.45. The number of nitrogens with two attached hydrogens (primary N) is 1. The standard InChI is InChI=1S/C15H13ClN2O/c16-11-6-4-5-10(9-11)14-13(17)15(19)18(14)12-7-2-1-3-8-12/h1-9,13-14H,17H2/t13-,14-/m0/s1. The van der Waals surface area contributed by atoms with Gasteiger partial charge in [0, 0.05) is 10.7 Å². The van der Waals surface area contributed by atoms with Crippen LogP contribution in [0, 0.1) is 0 Å². The maximum Gasteiger partial charge on any atom is 0.247 e. The molecule has 3 nitrogen and oxygen atoms in total. The van der Waals surface area contributed by atoms with E-state index in [1.807, 2.05) is 54.6 Å². The number of rotatable bonds is 2. The molecule has 4 heteroatoms. The molecule has 0 aliphatic carbocycles.